The van der Waals surface area contributed by atoms with Crippen molar-refractivity contribution in [3.05, 3.63) is 38.9 Å². The molecule has 0 saturated heterocycles. The van der Waals surface area contributed by atoms with Crippen LogP contribution < -0.4 is 5.73 Å². The largest absolute Gasteiger partial charge is 0.327 e. The van der Waals surface area contributed by atoms with E-state index in [1.807, 2.05) is 13.8 Å². The van der Waals surface area contributed by atoms with Crippen LogP contribution in [-0.2, 0) is 6.42 Å². The summed E-state index contributed by atoms with van der Waals surface area (Å²) >= 11 is 5.74. The molecule has 0 aliphatic heterocycles. The van der Waals surface area contributed by atoms with E-state index >= 15 is 0 Å². The van der Waals surface area contributed by atoms with Crippen LogP contribution >= 0.6 is 11.6 Å². The summed E-state index contributed by atoms with van der Waals surface area (Å²) in [7, 11) is 0. The van der Waals surface area contributed by atoms with Crippen molar-refractivity contribution in [3.8, 4) is 0 Å². The standard InChI is InChI=1S/C12H17ClN2O2/c1-8(2)11(14)6-4-9-3-5-10(13)7-12(9)15(16)17/h3,5,7-8,11H,4,6,14H2,1-2H3. The maximum Gasteiger partial charge on any atom is 0.274 e. The lowest BCUT2D eigenvalue weighted by Crippen LogP contribution is -2.26. The summed E-state index contributed by atoms with van der Waals surface area (Å²) in [6.07, 6.45) is 1.34. The Kier molecular flexibility index (Phi) is 4.90. The Bertz CT molecular complexity index is 407. The molecular weight excluding hydrogens is 240 g/mol. The van der Waals surface area contributed by atoms with Gasteiger partial charge >= 0.3 is 0 Å². The number of nitrogens with two attached hydrogens (primary N) is 1. The molecule has 0 bridgehead atoms. The Balaban J connectivity index is 2.80. The highest BCUT2D eigenvalue weighted by molar-refractivity contribution is 6.30. The molecule has 0 aliphatic rings. The van der Waals surface area contributed by atoms with Gasteiger partial charge in [0.15, 0.2) is 0 Å². The van der Waals surface area contributed by atoms with Crippen molar-refractivity contribution in [3.63, 3.8) is 0 Å². The molecule has 0 spiro atoms. The Morgan fingerprint density at radius 3 is 2.65 bits per heavy atom. The highest BCUT2D eigenvalue weighted by Gasteiger charge is 2.16. The summed E-state index contributed by atoms with van der Waals surface area (Å²) in [5.41, 5.74) is 6.69. The second-order valence-electron chi connectivity index (χ2n) is 4.48. The monoisotopic (exact) mass is 256 g/mol. The van der Waals surface area contributed by atoms with Crippen molar-refractivity contribution in [2.24, 2.45) is 11.7 Å². The normalized spacial score (nSPS) is 12.8. The minimum absolute atomic E-state index is 0.0604. The lowest BCUT2D eigenvalue weighted by atomic mass is 9.97. The first-order valence-electron chi connectivity index (χ1n) is 5.60. The van der Waals surface area contributed by atoms with Crippen LogP contribution in [-0.4, -0.2) is 11.0 Å². The predicted octanol–water partition coefficient (Wildman–Crippen LogP) is 3.16. The minimum Gasteiger partial charge on any atom is -0.327 e. The molecule has 94 valence electrons. The summed E-state index contributed by atoms with van der Waals surface area (Å²) in [5, 5.41) is 11.3. The zero-order valence-corrected chi connectivity index (χ0v) is 10.8. The molecule has 5 heteroatoms. The molecule has 0 radical (unpaired) electrons. The molecule has 0 fully saturated rings. The van der Waals surface area contributed by atoms with Crippen LogP contribution in [0.5, 0.6) is 0 Å². The number of nitro benzene ring substituents is 1. The maximum absolute atomic E-state index is 10.9. The van der Waals surface area contributed by atoms with Crippen molar-refractivity contribution < 1.29 is 4.92 Å². The van der Waals surface area contributed by atoms with Gasteiger partial charge in [-0.3, -0.25) is 10.1 Å². The van der Waals surface area contributed by atoms with E-state index in [0.717, 1.165) is 6.42 Å². The molecule has 0 amide bonds. The molecule has 0 aromatic heterocycles. The Morgan fingerprint density at radius 1 is 1.47 bits per heavy atom. The Hall–Kier alpha value is -1.13. The van der Waals surface area contributed by atoms with E-state index in [1.54, 1.807) is 12.1 Å². The van der Waals surface area contributed by atoms with Gasteiger partial charge in [-0.1, -0.05) is 31.5 Å². The quantitative estimate of drug-likeness (QED) is 0.650. The van der Waals surface area contributed by atoms with Gasteiger partial charge in [-0.15, -0.1) is 0 Å². The second kappa shape index (κ2) is 5.98. The molecule has 0 heterocycles. The zero-order chi connectivity index (χ0) is 13.0. The molecule has 0 saturated carbocycles. The lowest BCUT2D eigenvalue weighted by molar-refractivity contribution is -0.385. The number of nitrogens with zero attached hydrogens (tertiary/aromatic N) is 1. The molecular formula is C12H17ClN2O2. The fourth-order valence-corrected chi connectivity index (χ4v) is 1.74. The Labute approximate surface area is 106 Å². The fraction of sp³-hybridized carbons (Fsp3) is 0.500. The number of hydrogen-bond donors (Lipinski definition) is 1. The van der Waals surface area contributed by atoms with E-state index in [2.05, 4.69) is 0 Å². The van der Waals surface area contributed by atoms with E-state index in [4.69, 9.17) is 17.3 Å². The third-order valence-corrected chi connectivity index (χ3v) is 3.08. The van der Waals surface area contributed by atoms with E-state index < -0.39 is 4.92 Å². The van der Waals surface area contributed by atoms with Crippen LogP contribution in [0.15, 0.2) is 18.2 Å². The minimum atomic E-state index is -0.401. The first-order chi connectivity index (χ1) is 7.91. The van der Waals surface area contributed by atoms with Gasteiger partial charge in [0.1, 0.15) is 0 Å². The van der Waals surface area contributed by atoms with Crippen LogP contribution in [0.25, 0.3) is 0 Å². The van der Waals surface area contributed by atoms with Gasteiger partial charge < -0.3 is 5.73 Å². The molecule has 4 nitrogen and oxygen atoms in total. The van der Waals surface area contributed by atoms with Gasteiger partial charge in [0, 0.05) is 22.7 Å². The molecule has 1 aromatic rings. The molecule has 17 heavy (non-hydrogen) atoms. The van der Waals surface area contributed by atoms with Gasteiger partial charge in [0.25, 0.3) is 5.69 Å². The molecule has 1 aromatic carbocycles. The van der Waals surface area contributed by atoms with Gasteiger partial charge in [-0.2, -0.15) is 0 Å². The fourth-order valence-electron chi connectivity index (χ4n) is 1.57. The first-order valence-corrected chi connectivity index (χ1v) is 5.98. The molecule has 1 atom stereocenters. The van der Waals surface area contributed by atoms with E-state index in [1.165, 1.54) is 6.07 Å². The predicted molar refractivity (Wildman–Crippen MR) is 69.2 cm³/mol. The summed E-state index contributed by atoms with van der Waals surface area (Å²) < 4.78 is 0. The van der Waals surface area contributed by atoms with E-state index in [0.29, 0.717) is 22.9 Å². The first kappa shape index (κ1) is 13.9. The number of benzene rings is 1. The van der Waals surface area contributed by atoms with Crippen molar-refractivity contribution in [2.45, 2.75) is 32.7 Å². The number of nitro groups is 1. The Morgan fingerprint density at radius 2 is 2.12 bits per heavy atom. The van der Waals surface area contributed by atoms with Gasteiger partial charge in [-0.05, 0) is 24.8 Å². The number of hydrogen-bond acceptors (Lipinski definition) is 3. The van der Waals surface area contributed by atoms with Gasteiger partial charge in [0.2, 0.25) is 0 Å². The van der Waals surface area contributed by atoms with E-state index in [-0.39, 0.29) is 11.7 Å². The third-order valence-electron chi connectivity index (χ3n) is 2.85. The molecule has 1 rings (SSSR count). The SMILES string of the molecule is CC(C)C(N)CCc1ccc(Cl)cc1[N+](=O)[O-]. The lowest BCUT2D eigenvalue weighted by Gasteiger charge is -2.15. The molecule has 2 N–H and O–H groups in total. The summed E-state index contributed by atoms with van der Waals surface area (Å²) in [6.45, 7) is 4.09. The maximum atomic E-state index is 10.9. The third kappa shape index (κ3) is 3.98. The van der Waals surface area contributed by atoms with Crippen molar-refractivity contribution in [1.82, 2.24) is 0 Å². The van der Waals surface area contributed by atoms with Gasteiger partial charge in [0.05, 0.1) is 4.92 Å². The van der Waals surface area contributed by atoms with Crippen LogP contribution in [0.4, 0.5) is 5.69 Å². The number of halogens is 1. The van der Waals surface area contributed by atoms with Crippen molar-refractivity contribution in [1.29, 1.82) is 0 Å². The van der Waals surface area contributed by atoms with Crippen LogP contribution in [0.2, 0.25) is 5.02 Å². The topological polar surface area (TPSA) is 69.2 Å². The summed E-state index contributed by atoms with van der Waals surface area (Å²) in [4.78, 5) is 10.5. The van der Waals surface area contributed by atoms with Gasteiger partial charge in [-0.25, -0.2) is 0 Å². The average molecular weight is 257 g/mol. The second-order valence-corrected chi connectivity index (χ2v) is 4.91. The van der Waals surface area contributed by atoms with Crippen LogP contribution in [0, 0.1) is 16.0 Å². The van der Waals surface area contributed by atoms with Crippen molar-refractivity contribution in [2.75, 3.05) is 0 Å². The molecule has 0 aliphatic carbocycles. The van der Waals surface area contributed by atoms with Crippen LogP contribution in [0.3, 0.4) is 0 Å². The van der Waals surface area contributed by atoms with Crippen molar-refractivity contribution >= 4 is 17.3 Å². The number of rotatable bonds is 5. The van der Waals surface area contributed by atoms with Crippen LogP contribution in [0.1, 0.15) is 25.8 Å². The van der Waals surface area contributed by atoms with E-state index in [9.17, 15) is 10.1 Å². The molecule has 1 unspecified atom stereocenters. The highest BCUT2D eigenvalue weighted by atomic mass is 35.5. The average Bonchev–Trinajstić information content (AvgIpc) is 2.26. The zero-order valence-electron chi connectivity index (χ0n) is 10.0. The summed E-state index contributed by atoms with van der Waals surface area (Å²) in [6, 6.07) is 4.82. The number of aryl methyl sites for hydroxylation is 1. The highest BCUT2D eigenvalue weighted by Crippen LogP contribution is 2.24. The smallest absolute Gasteiger partial charge is 0.274 e. The summed E-state index contributed by atoms with van der Waals surface area (Å²) in [5.74, 6) is 0.376.